The van der Waals surface area contributed by atoms with Crippen LogP contribution in [0.4, 0.5) is 0 Å². The van der Waals surface area contributed by atoms with Gasteiger partial charge in [0.1, 0.15) is 29.9 Å². The quantitative estimate of drug-likeness (QED) is 0.0624. The summed E-state index contributed by atoms with van der Waals surface area (Å²) in [6.07, 6.45) is -0.672. The van der Waals surface area contributed by atoms with Crippen molar-refractivity contribution in [1.82, 2.24) is 26.0 Å². The number of amides is 4. The molecule has 7 N–H and O–H groups in total. The third kappa shape index (κ3) is 13.1. The molecule has 0 saturated carbocycles. The van der Waals surface area contributed by atoms with E-state index in [0.717, 1.165) is 5.56 Å². The lowest BCUT2D eigenvalue weighted by atomic mass is 10.0. The van der Waals surface area contributed by atoms with Gasteiger partial charge >= 0.3 is 5.97 Å². The molecular weight excluding hydrogens is 707 g/mol. The van der Waals surface area contributed by atoms with Gasteiger partial charge in [0.2, 0.25) is 29.6 Å². The highest BCUT2D eigenvalue weighted by Crippen LogP contribution is 2.30. The van der Waals surface area contributed by atoms with Crippen LogP contribution in [-0.4, -0.2) is 87.9 Å². The highest BCUT2D eigenvalue weighted by atomic mass is 32.2. The SMILES string of the molecule is COc1cc(C)c(S(=O)(=O)NC(N)=NCCC[C@@H]2NC(=O)CC(=O)N[C@@H](CC(=O)OC(C)(C)C)C(=O)N[C@@H](Cc3ccccc3)CNC2=O)c(C)c1C. The Labute approximate surface area is 310 Å². The fourth-order valence-electron chi connectivity index (χ4n) is 5.75. The maximum Gasteiger partial charge on any atom is 0.308 e. The highest BCUT2D eigenvalue weighted by Gasteiger charge is 2.31. The third-order valence-electron chi connectivity index (χ3n) is 8.25. The van der Waals surface area contributed by atoms with E-state index in [9.17, 15) is 32.4 Å². The number of hydrogen-bond acceptors (Lipinski definition) is 10. The Kier molecular flexibility index (Phi) is 14.8. The number of hydrogen-bond donors (Lipinski definition) is 6. The van der Waals surface area contributed by atoms with Crippen molar-refractivity contribution >= 4 is 45.6 Å². The molecule has 1 aliphatic heterocycles. The number of guanidine groups is 1. The average molecular weight is 758 g/mol. The summed E-state index contributed by atoms with van der Waals surface area (Å²) in [5.74, 6) is -3.43. The van der Waals surface area contributed by atoms with Crippen molar-refractivity contribution < 1.29 is 41.9 Å². The summed E-state index contributed by atoms with van der Waals surface area (Å²) in [4.78, 5) is 69.5. The first-order valence-electron chi connectivity index (χ1n) is 17.2. The molecule has 2 aromatic rings. The molecule has 290 valence electrons. The predicted molar refractivity (Wildman–Crippen MR) is 197 cm³/mol. The van der Waals surface area contributed by atoms with E-state index >= 15 is 0 Å². The number of methoxy groups -OCH3 is 1. The van der Waals surface area contributed by atoms with Crippen LogP contribution >= 0.6 is 0 Å². The van der Waals surface area contributed by atoms with Crippen LogP contribution < -0.4 is 36.5 Å². The summed E-state index contributed by atoms with van der Waals surface area (Å²) in [7, 11) is -2.60. The Morgan fingerprint density at radius 1 is 0.962 bits per heavy atom. The molecule has 1 heterocycles. The predicted octanol–water partition coefficient (Wildman–Crippen LogP) is 0.942. The van der Waals surface area contributed by atoms with Gasteiger partial charge in [0.05, 0.1) is 24.5 Å². The van der Waals surface area contributed by atoms with Gasteiger partial charge in [-0.1, -0.05) is 30.3 Å². The number of nitrogens with one attached hydrogen (secondary N) is 5. The average Bonchev–Trinajstić information content (AvgIpc) is 3.05. The van der Waals surface area contributed by atoms with Gasteiger partial charge in [-0.3, -0.25) is 29.0 Å². The lowest BCUT2D eigenvalue weighted by Gasteiger charge is -2.25. The summed E-state index contributed by atoms with van der Waals surface area (Å²) in [6, 6.07) is 7.70. The van der Waals surface area contributed by atoms with Crippen LogP contribution in [0.5, 0.6) is 5.75 Å². The molecule has 4 amide bonds. The van der Waals surface area contributed by atoms with Crippen LogP contribution in [0.3, 0.4) is 0 Å². The minimum Gasteiger partial charge on any atom is -0.496 e. The number of sulfonamides is 1. The molecule has 3 rings (SSSR count). The molecule has 16 nitrogen and oxygen atoms in total. The molecule has 3 atom stereocenters. The number of rotatable bonds is 11. The number of ether oxygens (including phenoxy) is 2. The molecule has 1 saturated heterocycles. The van der Waals surface area contributed by atoms with Crippen LogP contribution in [0, 0.1) is 20.8 Å². The second-order valence-corrected chi connectivity index (χ2v) is 15.5. The first-order valence-corrected chi connectivity index (χ1v) is 18.7. The van der Waals surface area contributed by atoms with E-state index in [0.29, 0.717) is 28.9 Å². The summed E-state index contributed by atoms with van der Waals surface area (Å²) < 4.78 is 39.4. The molecule has 0 aromatic heterocycles. The summed E-state index contributed by atoms with van der Waals surface area (Å²) in [5.41, 5.74) is 7.58. The fourth-order valence-corrected chi connectivity index (χ4v) is 7.23. The molecule has 0 bridgehead atoms. The Balaban J connectivity index is 1.75. The Morgan fingerprint density at radius 3 is 2.23 bits per heavy atom. The van der Waals surface area contributed by atoms with Crippen molar-refractivity contribution in [2.24, 2.45) is 10.7 Å². The largest absolute Gasteiger partial charge is 0.496 e. The lowest BCUT2D eigenvalue weighted by molar-refractivity contribution is -0.156. The standard InChI is InChI=1S/C36H51N7O9S/c1-21-16-28(51-7)22(2)23(3)32(21)53(49,50)43-35(37)38-15-11-14-26-33(47)39-20-25(17-24-12-9-8-10-13-24)40-34(48)27(18-31(46)52-36(4,5)6)42-30(45)19-29(44)41-26/h8-10,12-13,16,25-27H,11,14-15,17-20H2,1-7H3,(H,39,47)(H,40,48)(H,41,44)(H,42,45)(H3,37,38,43)/t25-,26-,27-/m0/s1. The van der Waals surface area contributed by atoms with Crippen LogP contribution in [0.25, 0.3) is 0 Å². The third-order valence-corrected chi connectivity index (χ3v) is 9.89. The van der Waals surface area contributed by atoms with Crippen molar-refractivity contribution in [2.75, 3.05) is 20.2 Å². The van der Waals surface area contributed by atoms with Crippen LogP contribution in [-0.2, 0) is 45.2 Å². The molecule has 17 heteroatoms. The highest BCUT2D eigenvalue weighted by molar-refractivity contribution is 7.90. The Bertz CT molecular complexity index is 1810. The van der Waals surface area contributed by atoms with Crippen molar-refractivity contribution in [1.29, 1.82) is 0 Å². The van der Waals surface area contributed by atoms with Crippen molar-refractivity contribution in [2.45, 2.75) is 102 Å². The van der Waals surface area contributed by atoms with Crippen LogP contribution in [0.1, 0.15) is 68.7 Å². The number of nitrogens with zero attached hydrogens (tertiary/aromatic N) is 1. The van der Waals surface area contributed by atoms with Gasteiger partial charge in [-0.15, -0.1) is 0 Å². The van der Waals surface area contributed by atoms with E-state index in [1.54, 1.807) is 47.6 Å². The second kappa shape index (κ2) is 18.5. The molecule has 0 radical (unpaired) electrons. The lowest BCUT2D eigenvalue weighted by Crippen LogP contribution is -2.54. The number of nitrogens with two attached hydrogens (primary N) is 1. The minimum atomic E-state index is -4.10. The molecule has 1 aliphatic rings. The Hall–Kier alpha value is -5.19. The molecule has 0 unspecified atom stereocenters. The van der Waals surface area contributed by atoms with Crippen molar-refractivity contribution in [3.8, 4) is 5.75 Å². The number of carbonyl (C=O) groups excluding carboxylic acids is 5. The molecule has 1 fully saturated rings. The fraction of sp³-hybridized carbons (Fsp3) is 0.500. The maximum absolute atomic E-state index is 13.4. The number of carbonyl (C=O) groups is 5. The topological polar surface area (TPSA) is 236 Å². The van der Waals surface area contributed by atoms with Crippen molar-refractivity contribution in [3.63, 3.8) is 0 Å². The summed E-state index contributed by atoms with van der Waals surface area (Å²) in [6.45, 7) is 10.0. The molecular formula is C36H51N7O9S. The minimum absolute atomic E-state index is 0.00682. The first kappa shape index (κ1) is 42.2. The van der Waals surface area contributed by atoms with Gasteiger partial charge < -0.3 is 36.5 Å². The number of benzene rings is 2. The van der Waals surface area contributed by atoms with Crippen molar-refractivity contribution in [3.05, 3.63) is 58.7 Å². The monoisotopic (exact) mass is 757 g/mol. The van der Waals surface area contributed by atoms with Gasteiger partial charge in [-0.05, 0) is 89.1 Å². The van der Waals surface area contributed by atoms with Gasteiger partial charge in [-0.25, -0.2) is 13.1 Å². The van der Waals surface area contributed by atoms with E-state index in [2.05, 4.69) is 31.0 Å². The van der Waals surface area contributed by atoms with E-state index in [4.69, 9.17) is 15.2 Å². The molecule has 0 spiro atoms. The van der Waals surface area contributed by atoms with Crippen LogP contribution in [0.15, 0.2) is 46.3 Å². The second-order valence-electron chi connectivity index (χ2n) is 13.8. The van der Waals surface area contributed by atoms with Gasteiger partial charge in [0.15, 0.2) is 0 Å². The number of aryl methyl sites for hydroxylation is 1. The number of esters is 1. The number of aliphatic imine (C=N–C) groups is 1. The van der Waals surface area contributed by atoms with E-state index in [1.165, 1.54) is 7.11 Å². The summed E-state index contributed by atoms with van der Waals surface area (Å²) in [5, 5.41) is 10.6. The first-order chi connectivity index (χ1) is 24.8. The molecule has 0 aliphatic carbocycles. The maximum atomic E-state index is 13.4. The Morgan fingerprint density at radius 2 is 1.60 bits per heavy atom. The van der Waals surface area contributed by atoms with E-state index in [-0.39, 0.29) is 36.8 Å². The molecule has 2 aromatic carbocycles. The van der Waals surface area contributed by atoms with E-state index < -0.39 is 76.2 Å². The van der Waals surface area contributed by atoms with Gasteiger partial charge in [0, 0.05) is 13.1 Å². The zero-order valence-electron chi connectivity index (χ0n) is 31.3. The van der Waals surface area contributed by atoms with Gasteiger partial charge in [-0.2, -0.15) is 0 Å². The van der Waals surface area contributed by atoms with E-state index in [1.807, 2.05) is 30.3 Å². The molecule has 53 heavy (non-hydrogen) atoms. The van der Waals surface area contributed by atoms with Gasteiger partial charge in [0.25, 0.3) is 10.0 Å². The summed E-state index contributed by atoms with van der Waals surface area (Å²) >= 11 is 0. The van der Waals surface area contributed by atoms with Crippen LogP contribution in [0.2, 0.25) is 0 Å². The normalized spacial score (nSPS) is 19.3. The smallest absolute Gasteiger partial charge is 0.308 e. The zero-order chi connectivity index (χ0) is 39.5. The zero-order valence-corrected chi connectivity index (χ0v) is 32.1.